The molecular weight excluding hydrogens is 260 g/mol. The molecule has 0 radical (unpaired) electrons. The molecular formula is C6H3BClF3KNO2. The minimum atomic E-state index is -5.31. The maximum atomic E-state index is 12.2. The van der Waals surface area contributed by atoms with Crippen LogP contribution in [0.25, 0.3) is 0 Å². The van der Waals surface area contributed by atoms with Crippen molar-refractivity contribution in [3.05, 3.63) is 33.3 Å². The van der Waals surface area contributed by atoms with Crippen molar-refractivity contribution >= 4 is 29.7 Å². The molecule has 0 amide bonds. The standard InChI is InChI=1S/C6H3BClF3NO2.K/c8-6-2-1-4(12(13)14)3-5(6)7(9,10)11;/h1-3H;/q-1;+1. The zero-order valence-corrected chi connectivity index (χ0v) is 11.5. The molecule has 1 rings (SSSR count). The van der Waals surface area contributed by atoms with Gasteiger partial charge < -0.3 is 12.9 Å². The van der Waals surface area contributed by atoms with Gasteiger partial charge in [0.1, 0.15) is 0 Å². The molecule has 1 aromatic carbocycles. The summed E-state index contributed by atoms with van der Waals surface area (Å²) in [4.78, 5) is 9.29. The molecule has 9 heteroatoms. The predicted octanol–water partition coefficient (Wildman–Crippen LogP) is -0.693. The van der Waals surface area contributed by atoms with Crippen LogP contribution in [0.1, 0.15) is 0 Å². The number of benzene rings is 1. The molecule has 0 bridgehead atoms. The van der Waals surface area contributed by atoms with E-state index in [1.807, 2.05) is 0 Å². The van der Waals surface area contributed by atoms with E-state index in [2.05, 4.69) is 0 Å². The van der Waals surface area contributed by atoms with Crippen molar-refractivity contribution in [1.82, 2.24) is 0 Å². The van der Waals surface area contributed by atoms with E-state index < -0.39 is 28.1 Å². The van der Waals surface area contributed by atoms with Crippen LogP contribution >= 0.6 is 11.6 Å². The van der Waals surface area contributed by atoms with Gasteiger partial charge in [0.15, 0.2) is 0 Å². The fourth-order valence-corrected chi connectivity index (χ4v) is 1.14. The second kappa shape index (κ2) is 5.65. The van der Waals surface area contributed by atoms with Crippen molar-refractivity contribution in [3.8, 4) is 0 Å². The predicted molar refractivity (Wildman–Crippen MR) is 46.8 cm³/mol. The Bertz CT molecular complexity index is 387. The summed E-state index contributed by atoms with van der Waals surface area (Å²) < 4.78 is 36.7. The summed E-state index contributed by atoms with van der Waals surface area (Å²) in [5.41, 5.74) is -1.76. The van der Waals surface area contributed by atoms with E-state index in [0.29, 0.717) is 6.07 Å². The van der Waals surface area contributed by atoms with Crippen LogP contribution in [0, 0.1) is 10.1 Å². The SMILES string of the molecule is O=[N+]([O-])c1ccc(Cl)c([B-](F)(F)F)c1.[K+]. The van der Waals surface area contributed by atoms with Crippen LogP contribution in [0.15, 0.2) is 18.2 Å². The van der Waals surface area contributed by atoms with Gasteiger partial charge in [-0.05, 0) is 12.1 Å². The number of hydrogen-bond acceptors (Lipinski definition) is 2. The topological polar surface area (TPSA) is 43.1 Å². The van der Waals surface area contributed by atoms with Gasteiger partial charge in [-0.3, -0.25) is 10.1 Å². The first-order valence-corrected chi connectivity index (χ1v) is 3.84. The molecule has 0 saturated heterocycles. The molecule has 0 spiro atoms. The Morgan fingerprint density at radius 1 is 1.33 bits per heavy atom. The van der Waals surface area contributed by atoms with Crippen LogP contribution in [0.5, 0.6) is 0 Å². The van der Waals surface area contributed by atoms with Crippen molar-refractivity contribution in [3.63, 3.8) is 0 Å². The third kappa shape index (κ3) is 4.04. The molecule has 0 N–H and O–H groups in total. The molecule has 1 aromatic rings. The van der Waals surface area contributed by atoms with Crippen molar-refractivity contribution in [2.45, 2.75) is 0 Å². The van der Waals surface area contributed by atoms with Gasteiger partial charge in [0.05, 0.1) is 4.92 Å². The molecule has 0 saturated carbocycles. The number of nitro benzene ring substituents is 1. The van der Waals surface area contributed by atoms with E-state index in [0.717, 1.165) is 12.1 Å². The molecule has 76 valence electrons. The smallest absolute Gasteiger partial charge is 0.445 e. The zero-order valence-electron chi connectivity index (χ0n) is 7.58. The van der Waals surface area contributed by atoms with Crippen LogP contribution in [0.3, 0.4) is 0 Å². The Hall–Kier alpha value is 0.401. The Morgan fingerprint density at radius 2 is 1.87 bits per heavy atom. The molecule has 0 aliphatic heterocycles. The van der Waals surface area contributed by atoms with Gasteiger partial charge in [-0.1, -0.05) is 17.1 Å². The maximum Gasteiger partial charge on any atom is 1.00 e. The third-order valence-corrected chi connectivity index (χ3v) is 1.89. The summed E-state index contributed by atoms with van der Waals surface area (Å²) in [5, 5.41) is 9.67. The molecule has 3 nitrogen and oxygen atoms in total. The van der Waals surface area contributed by atoms with E-state index in [1.54, 1.807) is 0 Å². The van der Waals surface area contributed by atoms with Gasteiger partial charge >= 0.3 is 58.4 Å². The fourth-order valence-electron chi connectivity index (χ4n) is 0.896. The fraction of sp³-hybridized carbons (Fsp3) is 0. The number of rotatable bonds is 2. The largest absolute Gasteiger partial charge is 1.00 e. The van der Waals surface area contributed by atoms with Crippen molar-refractivity contribution in [2.75, 3.05) is 0 Å². The molecule has 15 heavy (non-hydrogen) atoms. The minimum Gasteiger partial charge on any atom is -0.445 e. The quantitative estimate of drug-likeness (QED) is 0.403. The minimum absolute atomic E-state index is 0. The van der Waals surface area contributed by atoms with E-state index in [1.165, 1.54) is 0 Å². The van der Waals surface area contributed by atoms with Crippen molar-refractivity contribution < 1.29 is 69.3 Å². The van der Waals surface area contributed by atoms with E-state index in [9.17, 15) is 23.1 Å². The summed E-state index contributed by atoms with van der Waals surface area (Å²) in [6, 6.07) is 2.22. The van der Waals surface area contributed by atoms with Crippen LogP contribution in [0.4, 0.5) is 18.6 Å². The van der Waals surface area contributed by atoms with Crippen LogP contribution in [0.2, 0.25) is 5.02 Å². The summed E-state index contributed by atoms with van der Waals surface area (Å²) in [6.07, 6.45) is 0. The molecule has 0 fully saturated rings. The van der Waals surface area contributed by atoms with Gasteiger partial charge in [-0.15, -0.1) is 0 Å². The zero-order chi connectivity index (χ0) is 10.9. The van der Waals surface area contributed by atoms with Gasteiger partial charge in [0, 0.05) is 11.1 Å². The molecule has 0 heterocycles. The summed E-state index contributed by atoms with van der Waals surface area (Å²) >= 11 is 5.26. The van der Waals surface area contributed by atoms with Crippen molar-refractivity contribution in [1.29, 1.82) is 0 Å². The Labute approximate surface area is 131 Å². The monoisotopic (exact) mass is 263 g/mol. The summed E-state index contributed by atoms with van der Waals surface area (Å²) in [6.45, 7) is -5.31. The first-order chi connectivity index (χ1) is 6.32. The van der Waals surface area contributed by atoms with Gasteiger partial charge in [0.25, 0.3) is 5.69 Å². The van der Waals surface area contributed by atoms with Gasteiger partial charge in [-0.25, -0.2) is 0 Å². The molecule has 0 unspecified atom stereocenters. The number of hydrogen-bond donors (Lipinski definition) is 0. The molecule has 0 aliphatic rings. The second-order valence-corrected chi connectivity index (χ2v) is 2.94. The van der Waals surface area contributed by atoms with Crippen LogP contribution in [-0.4, -0.2) is 11.9 Å². The Kier molecular flexibility index (Phi) is 5.80. The summed E-state index contributed by atoms with van der Waals surface area (Å²) in [7, 11) is 0. The van der Waals surface area contributed by atoms with Crippen molar-refractivity contribution in [2.24, 2.45) is 0 Å². The second-order valence-electron chi connectivity index (χ2n) is 2.54. The Balaban J connectivity index is 0.00000196. The first kappa shape index (κ1) is 15.4. The van der Waals surface area contributed by atoms with E-state index in [-0.39, 0.29) is 51.4 Å². The van der Waals surface area contributed by atoms with Gasteiger partial charge in [0.2, 0.25) is 0 Å². The van der Waals surface area contributed by atoms with Crippen LogP contribution in [-0.2, 0) is 0 Å². The van der Waals surface area contributed by atoms with E-state index >= 15 is 0 Å². The number of nitrogens with zero attached hydrogens (tertiary/aromatic N) is 1. The molecule has 0 aromatic heterocycles. The number of non-ortho nitro benzene ring substituents is 1. The van der Waals surface area contributed by atoms with E-state index in [4.69, 9.17) is 11.6 Å². The number of nitro groups is 1. The Morgan fingerprint density at radius 3 is 2.27 bits per heavy atom. The van der Waals surface area contributed by atoms with Crippen LogP contribution < -0.4 is 56.8 Å². The normalized spacial score (nSPS) is 10.7. The average molecular weight is 263 g/mol. The first-order valence-electron chi connectivity index (χ1n) is 3.46. The number of halogens is 4. The van der Waals surface area contributed by atoms with Gasteiger partial charge in [-0.2, -0.15) is 0 Å². The third-order valence-electron chi connectivity index (χ3n) is 1.54. The maximum absolute atomic E-state index is 12.2. The summed E-state index contributed by atoms with van der Waals surface area (Å²) in [5.74, 6) is 0. The molecule has 0 aliphatic carbocycles. The molecule has 0 atom stereocenters. The average Bonchev–Trinajstić information content (AvgIpc) is 2.02.